The first kappa shape index (κ1) is 23.6. The van der Waals surface area contributed by atoms with Crippen LogP contribution in [-0.2, 0) is 10.0 Å². The van der Waals surface area contributed by atoms with Gasteiger partial charge in [0.15, 0.2) is 0 Å². The number of hydrogen-bond acceptors (Lipinski definition) is 5. The average molecular weight is 484 g/mol. The molecule has 0 radical (unpaired) electrons. The van der Waals surface area contributed by atoms with E-state index in [0.29, 0.717) is 29.4 Å². The Morgan fingerprint density at radius 1 is 1.09 bits per heavy atom. The van der Waals surface area contributed by atoms with Crippen LogP contribution < -0.4 is 5.32 Å². The Labute approximate surface area is 199 Å². The zero-order chi connectivity index (χ0) is 23.6. The summed E-state index contributed by atoms with van der Waals surface area (Å²) in [6, 6.07) is 14.8. The normalized spacial score (nSPS) is 15.5. The van der Waals surface area contributed by atoms with Crippen LogP contribution in [0.1, 0.15) is 39.3 Å². The van der Waals surface area contributed by atoms with Gasteiger partial charge in [-0.3, -0.25) is 4.79 Å². The maximum atomic E-state index is 12.9. The third kappa shape index (κ3) is 5.18. The van der Waals surface area contributed by atoms with Crippen LogP contribution in [0.25, 0.3) is 10.6 Å². The second kappa shape index (κ2) is 9.75. The quantitative estimate of drug-likeness (QED) is 0.557. The minimum Gasteiger partial charge on any atom is -0.351 e. The van der Waals surface area contributed by atoms with E-state index in [1.807, 2.05) is 13.0 Å². The topological polar surface area (TPSA) is 79.4 Å². The molecule has 1 fully saturated rings. The van der Waals surface area contributed by atoms with E-state index < -0.39 is 10.0 Å². The van der Waals surface area contributed by atoms with Crippen molar-refractivity contribution in [3.63, 3.8) is 0 Å². The van der Waals surface area contributed by atoms with E-state index in [4.69, 9.17) is 0 Å². The average Bonchev–Trinajstić information content (AvgIpc) is 3.19. The lowest BCUT2D eigenvalue weighted by Crippen LogP contribution is -2.41. The van der Waals surface area contributed by atoms with Gasteiger partial charge in [0.25, 0.3) is 5.91 Å². The molecular formula is C25H29N3O3S2. The molecule has 2 heterocycles. The summed E-state index contributed by atoms with van der Waals surface area (Å²) in [6.45, 7) is 7.45. The number of sulfonamides is 1. The SMILES string of the molecule is Cc1ccc(-c2nc(C)c(C(=O)NCC3CCN(S(=O)(=O)c4ccccc4)CC3)s2)c(C)c1. The maximum Gasteiger partial charge on any atom is 0.263 e. The molecule has 0 spiro atoms. The van der Waals surface area contributed by atoms with Gasteiger partial charge in [0.2, 0.25) is 10.0 Å². The highest BCUT2D eigenvalue weighted by molar-refractivity contribution is 7.89. The van der Waals surface area contributed by atoms with Gasteiger partial charge in [-0.1, -0.05) is 42.0 Å². The zero-order valence-electron chi connectivity index (χ0n) is 19.2. The van der Waals surface area contributed by atoms with Gasteiger partial charge in [-0.15, -0.1) is 11.3 Å². The summed E-state index contributed by atoms with van der Waals surface area (Å²) in [5, 5.41) is 3.90. The van der Waals surface area contributed by atoms with E-state index in [0.717, 1.165) is 34.7 Å². The fourth-order valence-electron chi connectivity index (χ4n) is 4.19. The molecule has 1 N–H and O–H groups in total. The van der Waals surface area contributed by atoms with Gasteiger partial charge in [-0.25, -0.2) is 13.4 Å². The number of nitrogens with one attached hydrogen (secondary N) is 1. The number of nitrogens with zero attached hydrogens (tertiary/aromatic N) is 2. The number of carbonyl (C=O) groups excluding carboxylic acids is 1. The summed E-state index contributed by atoms with van der Waals surface area (Å²) in [4.78, 5) is 18.5. The van der Waals surface area contributed by atoms with Crippen molar-refractivity contribution in [1.29, 1.82) is 0 Å². The van der Waals surface area contributed by atoms with Crippen LogP contribution in [0, 0.1) is 26.7 Å². The number of benzene rings is 2. The number of carbonyl (C=O) groups is 1. The first-order chi connectivity index (χ1) is 15.8. The van der Waals surface area contributed by atoms with Gasteiger partial charge >= 0.3 is 0 Å². The minimum absolute atomic E-state index is 0.111. The molecule has 174 valence electrons. The van der Waals surface area contributed by atoms with Crippen molar-refractivity contribution in [3.8, 4) is 10.6 Å². The molecule has 1 aliphatic rings. The smallest absolute Gasteiger partial charge is 0.263 e. The summed E-state index contributed by atoms with van der Waals surface area (Å²) in [6.07, 6.45) is 1.45. The third-order valence-corrected chi connectivity index (χ3v) is 9.22. The number of amides is 1. The Hall–Kier alpha value is -2.55. The Bertz CT molecular complexity index is 1250. The molecule has 1 aromatic heterocycles. The highest BCUT2D eigenvalue weighted by atomic mass is 32.2. The molecule has 3 aromatic rings. The molecule has 2 aromatic carbocycles. The maximum absolute atomic E-state index is 12.9. The summed E-state index contributed by atoms with van der Waals surface area (Å²) in [7, 11) is -3.46. The molecule has 1 saturated heterocycles. The van der Waals surface area contributed by atoms with E-state index in [1.54, 1.807) is 28.6 Å². The van der Waals surface area contributed by atoms with Crippen molar-refractivity contribution in [2.75, 3.05) is 19.6 Å². The molecule has 0 atom stereocenters. The monoisotopic (exact) mass is 483 g/mol. The van der Waals surface area contributed by atoms with Crippen molar-refractivity contribution in [3.05, 3.63) is 70.2 Å². The fourth-order valence-corrected chi connectivity index (χ4v) is 6.75. The van der Waals surface area contributed by atoms with Crippen LogP contribution in [0.15, 0.2) is 53.4 Å². The second-order valence-electron chi connectivity index (χ2n) is 8.62. The van der Waals surface area contributed by atoms with Crippen molar-refractivity contribution in [2.45, 2.75) is 38.5 Å². The summed E-state index contributed by atoms with van der Waals surface area (Å²) in [5.41, 5.74) is 4.13. The number of rotatable bonds is 6. The lowest BCUT2D eigenvalue weighted by molar-refractivity contribution is 0.0944. The summed E-state index contributed by atoms with van der Waals surface area (Å²) in [5.74, 6) is 0.142. The van der Waals surface area contributed by atoms with Gasteiger partial charge in [0.1, 0.15) is 9.88 Å². The van der Waals surface area contributed by atoms with E-state index in [-0.39, 0.29) is 11.8 Å². The van der Waals surface area contributed by atoms with Gasteiger partial charge in [-0.05, 0) is 57.2 Å². The summed E-state index contributed by atoms with van der Waals surface area (Å²) >= 11 is 1.42. The molecular weight excluding hydrogens is 454 g/mol. The fraction of sp³-hybridized carbons (Fsp3) is 0.360. The lowest BCUT2D eigenvalue weighted by atomic mass is 9.98. The molecule has 1 aliphatic heterocycles. The molecule has 33 heavy (non-hydrogen) atoms. The number of aryl methyl sites for hydroxylation is 3. The van der Waals surface area contributed by atoms with Crippen LogP contribution in [-0.4, -0.2) is 43.2 Å². The Kier molecular flexibility index (Phi) is 6.97. The van der Waals surface area contributed by atoms with Gasteiger partial charge in [0, 0.05) is 25.2 Å². The minimum atomic E-state index is -3.46. The third-order valence-electron chi connectivity index (χ3n) is 6.12. The number of aromatic nitrogens is 1. The molecule has 6 nitrogen and oxygen atoms in total. The van der Waals surface area contributed by atoms with Crippen molar-refractivity contribution >= 4 is 27.3 Å². The van der Waals surface area contributed by atoms with Crippen LogP contribution in [0.4, 0.5) is 0 Å². The van der Waals surface area contributed by atoms with E-state index in [9.17, 15) is 13.2 Å². The van der Waals surface area contributed by atoms with Crippen molar-refractivity contribution in [2.24, 2.45) is 5.92 Å². The van der Waals surface area contributed by atoms with Crippen LogP contribution in [0.2, 0.25) is 0 Å². The number of thiazole rings is 1. The molecule has 1 amide bonds. The van der Waals surface area contributed by atoms with Gasteiger partial charge in [-0.2, -0.15) is 4.31 Å². The van der Waals surface area contributed by atoms with E-state index in [1.165, 1.54) is 16.9 Å². The standard InChI is InChI=1S/C25H29N3O3S2/c1-17-9-10-22(18(2)15-17)25-27-19(3)23(32-25)24(29)26-16-20-11-13-28(14-12-20)33(30,31)21-7-5-4-6-8-21/h4-10,15,20H,11-14,16H2,1-3H3,(H,26,29). The van der Waals surface area contributed by atoms with Crippen LogP contribution in [0.3, 0.4) is 0 Å². The van der Waals surface area contributed by atoms with Gasteiger partial charge < -0.3 is 5.32 Å². The highest BCUT2D eigenvalue weighted by Gasteiger charge is 2.29. The van der Waals surface area contributed by atoms with E-state index >= 15 is 0 Å². The van der Waals surface area contributed by atoms with Gasteiger partial charge in [0.05, 0.1) is 10.6 Å². The zero-order valence-corrected chi connectivity index (χ0v) is 20.8. The molecule has 4 rings (SSSR count). The molecule has 0 bridgehead atoms. The van der Waals surface area contributed by atoms with Crippen molar-refractivity contribution < 1.29 is 13.2 Å². The Morgan fingerprint density at radius 3 is 2.45 bits per heavy atom. The second-order valence-corrected chi connectivity index (χ2v) is 11.6. The number of piperidine rings is 1. The highest BCUT2D eigenvalue weighted by Crippen LogP contribution is 2.31. The Morgan fingerprint density at radius 2 is 1.79 bits per heavy atom. The van der Waals surface area contributed by atoms with Crippen LogP contribution >= 0.6 is 11.3 Å². The molecule has 0 unspecified atom stereocenters. The first-order valence-corrected chi connectivity index (χ1v) is 13.4. The molecule has 8 heteroatoms. The molecule has 0 saturated carbocycles. The van der Waals surface area contributed by atoms with Crippen LogP contribution in [0.5, 0.6) is 0 Å². The predicted octanol–water partition coefficient (Wildman–Crippen LogP) is 4.57. The lowest BCUT2D eigenvalue weighted by Gasteiger charge is -2.31. The molecule has 0 aliphatic carbocycles. The number of hydrogen-bond donors (Lipinski definition) is 1. The van der Waals surface area contributed by atoms with Crippen molar-refractivity contribution in [1.82, 2.24) is 14.6 Å². The summed E-state index contributed by atoms with van der Waals surface area (Å²) < 4.78 is 27.1. The Balaban J connectivity index is 1.34. The first-order valence-electron chi connectivity index (χ1n) is 11.1. The van der Waals surface area contributed by atoms with E-state index in [2.05, 4.69) is 42.3 Å². The largest absolute Gasteiger partial charge is 0.351 e. The predicted molar refractivity (Wildman–Crippen MR) is 132 cm³/mol.